The van der Waals surface area contributed by atoms with Crippen LogP contribution in [0.25, 0.3) is 5.69 Å². The molecule has 1 fully saturated rings. The van der Waals surface area contributed by atoms with Gasteiger partial charge in [0.1, 0.15) is 11.5 Å². The number of amides is 1. The van der Waals surface area contributed by atoms with Crippen LogP contribution in [-0.4, -0.2) is 54.9 Å². The smallest absolute Gasteiger partial charge is 0.275 e. The highest BCUT2D eigenvalue weighted by Crippen LogP contribution is 2.26. The van der Waals surface area contributed by atoms with Gasteiger partial charge < -0.3 is 10.2 Å². The van der Waals surface area contributed by atoms with E-state index in [4.69, 9.17) is 0 Å². The summed E-state index contributed by atoms with van der Waals surface area (Å²) in [6.07, 6.45) is 7.10. The van der Waals surface area contributed by atoms with Crippen LogP contribution in [-0.2, 0) is 0 Å². The van der Waals surface area contributed by atoms with Crippen LogP contribution in [0, 0.1) is 19.8 Å². The second-order valence-corrected chi connectivity index (χ2v) is 7.93. The second-order valence-electron chi connectivity index (χ2n) is 7.93. The quantitative estimate of drug-likeness (QED) is 0.702. The second kappa shape index (κ2) is 8.61. The van der Waals surface area contributed by atoms with E-state index in [0.29, 0.717) is 30.4 Å². The molecule has 0 saturated carbocycles. The van der Waals surface area contributed by atoms with Crippen LogP contribution in [0.2, 0.25) is 0 Å². The van der Waals surface area contributed by atoms with Crippen molar-refractivity contribution in [2.75, 3.05) is 18.4 Å². The molecule has 0 bridgehead atoms. The Balaban J connectivity index is 1.60. The Labute approximate surface area is 176 Å². The first-order valence-corrected chi connectivity index (χ1v) is 10.3. The minimum Gasteiger partial charge on any atom is -0.368 e. The molecule has 8 nitrogen and oxygen atoms in total. The largest absolute Gasteiger partial charge is 0.368 e. The summed E-state index contributed by atoms with van der Waals surface area (Å²) >= 11 is 0. The number of aryl methyl sites for hydroxylation is 2. The molecular formula is C22H27N7O. The zero-order valence-corrected chi connectivity index (χ0v) is 17.6. The summed E-state index contributed by atoms with van der Waals surface area (Å²) < 4.78 is 0. The number of rotatable bonds is 5. The monoisotopic (exact) mass is 405 g/mol. The lowest BCUT2D eigenvalue weighted by molar-refractivity contribution is 0.0533. The van der Waals surface area contributed by atoms with E-state index in [9.17, 15) is 4.79 Å². The third-order valence-electron chi connectivity index (χ3n) is 5.63. The van der Waals surface area contributed by atoms with Crippen molar-refractivity contribution in [1.29, 1.82) is 0 Å². The number of likely N-dealkylation sites (tertiary alicyclic amines) is 1. The Kier molecular flexibility index (Phi) is 5.74. The van der Waals surface area contributed by atoms with Crippen molar-refractivity contribution in [1.82, 2.24) is 29.9 Å². The van der Waals surface area contributed by atoms with Gasteiger partial charge in [-0.3, -0.25) is 4.79 Å². The molecule has 0 spiro atoms. The topological polar surface area (TPSA) is 88.8 Å². The van der Waals surface area contributed by atoms with E-state index in [0.717, 1.165) is 29.9 Å². The maximum absolute atomic E-state index is 13.6. The van der Waals surface area contributed by atoms with E-state index < -0.39 is 0 Å². The fourth-order valence-electron chi connectivity index (χ4n) is 3.94. The molecule has 4 rings (SSSR count). The van der Waals surface area contributed by atoms with Crippen LogP contribution in [0.3, 0.4) is 0 Å². The highest BCUT2D eigenvalue weighted by Gasteiger charge is 2.34. The number of piperidine rings is 1. The lowest BCUT2D eigenvalue weighted by Gasteiger charge is -2.40. The first-order chi connectivity index (χ1) is 14.5. The van der Waals surface area contributed by atoms with Gasteiger partial charge >= 0.3 is 0 Å². The normalized spacial score (nSPS) is 19.0. The number of aromatic nitrogens is 5. The van der Waals surface area contributed by atoms with Gasteiger partial charge in [0.05, 0.1) is 18.4 Å². The number of pyridine rings is 2. The first-order valence-electron chi connectivity index (χ1n) is 10.3. The summed E-state index contributed by atoms with van der Waals surface area (Å²) in [6, 6.07) is 7.78. The summed E-state index contributed by atoms with van der Waals surface area (Å²) in [5.74, 6) is 1.11. The standard InChI is InChI=1S/C22H27N7O/c1-15-6-9-20(23-13-15)24-14-19-16(2)5-4-12-28(19)22(30)21-18(8-7-17(3)27-21)29-25-10-11-26-29/h6-11,13,16,19H,4-5,12,14H2,1-3H3,(H,23,24)/t16-,19?/m1/s1. The molecule has 0 aromatic carbocycles. The van der Waals surface area contributed by atoms with Crippen molar-refractivity contribution in [2.24, 2.45) is 5.92 Å². The van der Waals surface area contributed by atoms with E-state index in [1.54, 1.807) is 12.4 Å². The van der Waals surface area contributed by atoms with E-state index in [1.165, 1.54) is 4.80 Å². The van der Waals surface area contributed by atoms with Gasteiger partial charge in [-0.25, -0.2) is 9.97 Å². The number of anilines is 1. The SMILES string of the molecule is Cc1ccc(NCC2[C@H](C)CCCN2C(=O)c2nc(C)ccc2-n2nccn2)nc1. The van der Waals surface area contributed by atoms with Gasteiger partial charge in [-0.1, -0.05) is 13.0 Å². The molecule has 0 radical (unpaired) electrons. The molecule has 8 heteroatoms. The average molecular weight is 406 g/mol. The number of nitrogens with zero attached hydrogens (tertiary/aromatic N) is 6. The Morgan fingerprint density at radius 3 is 2.70 bits per heavy atom. The minimum atomic E-state index is -0.0822. The summed E-state index contributed by atoms with van der Waals surface area (Å²) in [6.45, 7) is 7.45. The Bertz CT molecular complexity index is 1000. The molecule has 1 aliphatic rings. The van der Waals surface area contributed by atoms with E-state index >= 15 is 0 Å². The Morgan fingerprint density at radius 1 is 1.17 bits per heavy atom. The Morgan fingerprint density at radius 2 is 1.97 bits per heavy atom. The molecule has 0 aliphatic carbocycles. The van der Waals surface area contributed by atoms with Crippen LogP contribution in [0.5, 0.6) is 0 Å². The van der Waals surface area contributed by atoms with Crippen LogP contribution in [0.15, 0.2) is 42.9 Å². The molecule has 1 saturated heterocycles. The third-order valence-corrected chi connectivity index (χ3v) is 5.63. The molecule has 1 amide bonds. The molecule has 3 aromatic heterocycles. The molecule has 30 heavy (non-hydrogen) atoms. The number of carbonyl (C=O) groups is 1. The summed E-state index contributed by atoms with van der Waals surface area (Å²) in [4.78, 5) is 26.0. The lowest BCUT2D eigenvalue weighted by atomic mass is 9.90. The molecule has 2 atom stereocenters. The predicted molar refractivity (Wildman–Crippen MR) is 115 cm³/mol. The molecule has 3 aromatic rings. The zero-order valence-electron chi connectivity index (χ0n) is 17.6. The lowest BCUT2D eigenvalue weighted by Crippen LogP contribution is -2.51. The number of nitrogens with one attached hydrogen (secondary N) is 1. The van der Waals surface area contributed by atoms with E-state index in [1.807, 2.05) is 49.2 Å². The first kappa shape index (κ1) is 20.0. The van der Waals surface area contributed by atoms with Crippen molar-refractivity contribution >= 4 is 11.7 Å². The van der Waals surface area contributed by atoms with Crippen LogP contribution in [0.1, 0.15) is 41.5 Å². The highest BCUT2D eigenvalue weighted by molar-refractivity contribution is 5.96. The summed E-state index contributed by atoms with van der Waals surface area (Å²) in [5, 5.41) is 11.8. The van der Waals surface area contributed by atoms with Gasteiger partial charge in [-0.15, -0.1) is 4.80 Å². The van der Waals surface area contributed by atoms with Crippen molar-refractivity contribution in [3.05, 3.63) is 59.8 Å². The molecule has 4 heterocycles. The van der Waals surface area contributed by atoms with Gasteiger partial charge in [0.15, 0.2) is 5.69 Å². The molecule has 156 valence electrons. The fourth-order valence-corrected chi connectivity index (χ4v) is 3.94. The van der Waals surface area contributed by atoms with Gasteiger partial charge in [0.25, 0.3) is 5.91 Å². The maximum atomic E-state index is 13.6. The van der Waals surface area contributed by atoms with E-state index in [-0.39, 0.29) is 11.9 Å². The van der Waals surface area contributed by atoms with Crippen LogP contribution < -0.4 is 5.32 Å². The van der Waals surface area contributed by atoms with Gasteiger partial charge in [0.2, 0.25) is 0 Å². The molecule has 1 aliphatic heterocycles. The maximum Gasteiger partial charge on any atom is 0.275 e. The zero-order chi connectivity index (χ0) is 21.1. The number of hydrogen-bond acceptors (Lipinski definition) is 6. The third kappa shape index (κ3) is 4.17. The minimum absolute atomic E-state index is 0.0510. The fraction of sp³-hybridized carbons (Fsp3) is 0.409. The van der Waals surface area contributed by atoms with Crippen LogP contribution in [0.4, 0.5) is 5.82 Å². The van der Waals surface area contributed by atoms with Crippen molar-refractivity contribution in [3.8, 4) is 5.69 Å². The van der Waals surface area contributed by atoms with Crippen molar-refractivity contribution in [2.45, 2.75) is 39.7 Å². The molecule has 1 N–H and O–H groups in total. The average Bonchev–Trinajstić information content (AvgIpc) is 3.28. The van der Waals surface area contributed by atoms with Crippen molar-refractivity contribution in [3.63, 3.8) is 0 Å². The van der Waals surface area contributed by atoms with E-state index in [2.05, 4.69) is 32.4 Å². The Hall–Kier alpha value is -3.29. The molecule has 1 unspecified atom stereocenters. The van der Waals surface area contributed by atoms with Gasteiger partial charge in [-0.2, -0.15) is 10.2 Å². The van der Waals surface area contributed by atoms with Crippen LogP contribution >= 0.6 is 0 Å². The predicted octanol–water partition coefficient (Wildman–Crippen LogP) is 3.03. The molecular weight excluding hydrogens is 378 g/mol. The van der Waals surface area contributed by atoms with Gasteiger partial charge in [0, 0.05) is 25.0 Å². The number of hydrogen-bond donors (Lipinski definition) is 1. The number of carbonyl (C=O) groups excluding carboxylic acids is 1. The summed E-state index contributed by atoms with van der Waals surface area (Å²) in [7, 11) is 0. The van der Waals surface area contributed by atoms with Gasteiger partial charge in [-0.05, 0) is 56.4 Å². The highest BCUT2D eigenvalue weighted by atomic mass is 16.2. The summed E-state index contributed by atoms with van der Waals surface area (Å²) in [5.41, 5.74) is 2.89. The van der Waals surface area contributed by atoms with Crippen molar-refractivity contribution < 1.29 is 4.79 Å².